The molecule has 29 heavy (non-hydrogen) atoms. The minimum Gasteiger partial charge on any atom is -0.466 e. The van der Waals surface area contributed by atoms with E-state index in [0.717, 1.165) is 5.57 Å². The Bertz CT molecular complexity index is 742. The molecule has 0 N–H and O–H groups in total. The van der Waals surface area contributed by atoms with Crippen LogP contribution >= 0.6 is 0 Å². The van der Waals surface area contributed by atoms with Crippen LogP contribution in [0.2, 0.25) is 0 Å². The molecular weight excluding hydrogens is 372 g/mol. The molecule has 0 fully saturated rings. The summed E-state index contributed by atoms with van der Waals surface area (Å²) in [4.78, 5) is 36.8. The summed E-state index contributed by atoms with van der Waals surface area (Å²) >= 11 is 0. The average molecular weight is 405 g/mol. The molecule has 2 aliphatic heterocycles. The van der Waals surface area contributed by atoms with E-state index in [4.69, 9.17) is 14.2 Å². The molecule has 6 heteroatoms. The van der Waals surface area contributed by atoms with Gasteiger partial charge in [-0.1, -0.05) is 37.6 Å². The molecule has 2 aliphatic rings. The van der Waals surface area contributed by atoms with Gasteiger partial charge >= 0.3 is 17.9 Å². The Morgan fingerprint density at radius 1 is 1.21 bits per heavy atom. The molecular formula is C23H32O6. The summed E-state index contributed by atoms with van der Waals surface area (Å²) in [7, 11) is 1.35. The van der Waals surface area contributed by atoms with Gasteiger partial charge < -0.3 is 14.2 Å². The molecule has 0 saturated carbocycles. The first kappa shape index (κ1) is 22.9. The molecule has 2 bridgehead atoms. The lowest BCUT2D eigenvalue weighted by atomic mass is 9.88. The summed E-state index contributed by atoms with van der Waals surface area (Å²) < 4.78 is 16.4. The topological polar surface area (TPSA) is 78.9 Å². The normalized spacial score (nSPS) is 27.7. The fourth-order valence-electron chi connectivity index (χ4n) is 3.79. The van der Waals surface area contributed by atoms with Crippen LogP contribution in [0.1, 0.15) is 66.2 Å². The van der Waals surface area contributed by atoms with Crippen molar-refractivity contribution in [3.8, 4) is 0 Å². The van der Waals surface area contributed by atoms with E-state index in [0.29, 0.717) is 49.7 Å². The number of methoxy groups -OCH3 is 1. The van der Waals surface area contributed by atoms with E-state index < -0.39 is 23.6 Å². The fraction of sp³-hybridized carbons (Fsp3) is 0.609. The zero-order chi connectivity index (χ0) is 21.6. The minimum atomic E-state index is -0.954. The number of fused-ring (bicyclic) bond motifs is 3. The van der Waals surface area contributed by atoms with Gasteiger partial charge in [-0.3, -0.25) is 4.79 Å². The highest BCUT2D eigenvalue weighted by atomic mass is 16.6. The van der Waals surface area contributed by atoms with E-state index in [1.807, 2.05) is 12.2 Å². The van der Waals surface area contributed by atoms with E-state index in [-0.39, 0.29) is 11.9 Å². The SMILES string of the molecule is COC(=O)C1=C/C=C(/C(C)C)CCC2=CCC[C@](C)(OC2=O)C(OC(C)=O)CC1. The summed E-state index contributed by atoms with van der Waals surface area (Å²) in [6.07, 6.45) is 8.20. The van der Waals surface area contributed by atoms with Crippen LogP contribution in [0.5, 0.6) is 0 Å². The van der Waals surface area contributed by atoms with Crippen molar-refractivity contribution < 1.29 is 28.6 Å². The van der Waals surface area contributed by atoms with Crippen molar-refractivity contribution in [2.24, 2.45) is 5.92 Å². The Hall–Kier alpha value is -2.37. The molecule has 2 atom stereocenters. The van der Waals surface area contributed by atoms with Gasteiger partial charge in [-0.2, -0.15) is 0 Å². The van der Waals surface area contributed by atoms with Crippen molar-refractivity contribution in [3.63, 3.8) is 0 Å². The van der Waals surface area contributed by atoms with Crippen LogP contribution in [0.3, 0.4) is 0 Å². The highest BCUT2D eigenvalue weighted by Crippen LogP contribution is 2.34. The first-order chi connectivity index (χ1) is 13.7. The molecule has 0 aliphatic carbocycles. The largest absolute Gasteiger partial charge is 0.466 e. The Balaban J connectivity index is 2.48. The molecule has 0 saturated heterocycles. The number of carbonyl (C=O) groups is 3. The highest BCUT2D eigenvalue weighted by Gasteiger charge is 2.42. The zero-order valence-corrected chi connectivity index (χ0v) is 18.1. The minimum absolute atomic E-state index is 0.275. The van der Waals surface area contributed by atoms with Crippen LogP contribution in [-0.4, -0.2) is 36.7 Å². The van der Waals surface area contributed by atoms with E-state index in [9.17, 15) is 14.4 Å². The molecule has 2 heterocycles. The summed E-state index contributed by atoms with van der Waals surface area (Å²) in [5.74, 6) is -0.936. The third-order valence-corrected chi connectivity index (χ3v) is 5.66. The number of hydrogen-bond acceptors (Lipinski definition) is 6. The van der Waals surface area contributed by atoms with Crippen molar-refractivity contribution in [2.45, 2.75) is 77.9 Å². The number of hydrogen-bond donors (Lipinski definition) is 0. The second kappa shape index (κ2) is 9.90. The van der Waals surface area contributed by atoms with Crippen LogP contribution < -0.4 is 0 Å². The summed E-state index contributed by atoms with van der Waals surface area (Å²) in [6, 6.07) is 0. The fourth-order valence-corrected chi connectivity index (χ4v) is 3.79. The van der Waals surface area contributed by atoms with Gasteiger partial charge in [-0.15, -0.1) is 0 Å². The van der Waals surface area contributed by atoms with Crippen molar-refractivity contribution in [3.05, 3.63) is 34.9 Å². The Morgan fingerprint density at radius 3 is 2.55 bits per heavy atom. The third kappa shape index (κ3) is 6.05. The zero-order valence-electron chi connectivity index (χ0n) is 18.1. The smallest absolute Gasteiger partial charge is 0.334 e. The first-order valence-electron chi connectivity index (χ1n) is 10.2. The lowest BCUT2D eigenvalue weighted by molar-refractivity contribution is -0.181. The van der Waals surface area contributed by atoms with Gasteiger partial charge in [0.2, 0.25) is 0 Å². The predicted octanol–water partition coefficient (Wildman–Crippen LogP) is 4.20. The van der Waals surface area contributed by atoms with Gasteiger partial charge in [0, 0.05) is 18.1 Å². The van der Waals surface area contributed by atoms with Gasteiger partial charge in [0.15, 0.2) is 0 Å². The molecule has 1 unspecified atom stereocenters. The average Bonchev–Trinajstić information content (AvgIpc) is 2.79. The maximum atomic E-state index is 12.8. The van der Waals surface area contributed by atoms with E-state index in [1.165, 1.54) is 14.0 Å². The molecule has 0 aromatic rings. The van der Waals surface area contributed by atoms with Crippen LogP contribution in [-0.2, 0) is 28.6 Å². The second-order valence-electron chi connectivity index (χ2n) is 8.19. The number of esters is 3. The van der Waals surface area contributed by atoms with Crippen LogP contribution in [0.4, 0.5) is 0 Å². The maximum absolute atomic E-state index is 12.8. The Morgan fingerprint density at radius 2 is 1.93 bits per heavy atom. The molecule has 0 radical (unpaired) electrons. The quantitative estimate of drug-likeness (QED) is 0.518. The monoisotopic (exact) mass is 404 g/mol. The molecule has 0 aromatic heterocycles. The van der Waals surface area contributed by atoms with Crippen LogP contribution in [0.15, 0.2) is 34.9 Å². The number of allylic oxidation sites excluding steroid dienone is 4. The van der Waals surface area contributed by atoms with Gasteiger partial charge in [0.25, 0.3) is 0 Å². The number of carbonyl (C=O) groups excluding carboxylic acids is 3. The maximum Gasteiger partial charge on any atom is 0.334 e. The summed E-state index contributed by atoms with van der Waals surface area (Å²) in [5.41, 5.74) is 1.34. The number of ether oxygens (including phenoxy) is 3. The van der Waals surface area contributed by atoms with Crippen molar-refractivity contribution >= 4 is 17.9 Å². The van der Waals surface area contributed by atoms with Gasteiger partial charge in [-0.05, 0) is 51.4 Å². The van der Waals surface area contributed by atoms with Gasteiger partial charge in [0.05, 0.1) is 7.11 Å². The van der Waals surface area contributed by atoms with Crippen LogP contribution in [0.25, 0.3) is 0 Å². The second-order valence-corrected chi connectivity index (χ2v) is 8.19. The lowest BCUT2D eigenvalue weighted by Crippen LogP contribution is -2.45. The molecule has 2 rings (SSSR count). The highest BCUT2D eigenvalue weighted by molar-refractivity contribution is 5.89. The molecule has 0 spiro atoms. The first-order valence-corrected chi connectivity index (χ1v) is 10.2. The predicted molar refractivity (Wildman–Crippen MR) is 109 cm³/mol. The third-order valence-electron chi connectivity index (χ3n) is 5.66. The molecule has 0 amide bonds. The van der Waals surface area contributed by atoms with Crippen molar-refractivity contribution in [1.29, 1.82) is 0 Å². The van der Waals surface area contributed by atoms with Gasteiger partial charge in [-0.25, -0.2) is 9.59 Å². The summed E-state index contributed by atoms with van der Waals surface area (Å²) in [5, 5.41) is 0. The van der Waals surface area contributed by atoms with Crippen LogP contribution in [0, 0.1) is 5.92 Å². The van der Waals surface area contributed by atoms with Crippen molar-refractivity contribution in [1.82, 2.24) is 0 Å². The van der Waals surface area contributed by atoms with E-state index in [1.54, 1.807) is 13.0 Å². The molecule has 160 valence electrons. The van der Waals surface area contributed by atoms with Gasteiger partial charge in [0.1, 0.15) is 11.7 Å². The standard InChI is InChI=1S/C23H32O6/c1-15(2)17-8-10-18-7-6-14-23(4,29-22(18)26)20(28-16(3)24)13-12-19(11-9-17)21(25)27-5/h7,9,11,15,20H,6,8,10,12-14H2,1-5H3/b17-9+,19-11?/t20?,23-/m0/s1. The van der Waals surface area contributed by atoms with E-state index >= 15 is 0 Å². The number of rotatable bonds is 3. The summed E-state index contributed by atoms with van der Waals surface area (Å²) in [6.45, 7) is 7.31. The molecule has 0 aromatic carbocycles. The van der Waals surface area contributed by atoms with E-state index in [2.05, 4.69) is 13.8 Å². The molecule has 6 nitrogen and oxygen atoms in total. The lowest BCUT2D eigenvalue weighted by Gasteiger charge is -2.35. The Labute approximate surface area is 173 Å². The Kier molecular flexibility index (Phi) is 7.82. The van der Waals surface area contributed by atoms with Crippen molar-refractivity contribution in [2.75, 3.05) is 7.11 Å².